The third-order valence-electron chi connectivity index (χ3n) is 9.74. The Morgan fingerprint density at radius 1 is 0.750 bits per heavy atom. The first kappa shape index (κ1) is 40.9. The molecular weight excluding hydrogens is 848 g/mol. The van der Waals surface area contributed by atoms with Gasteiger partial charge in [-0.15, -0.1) is 0 Å². The number of carbonyl (C=O) groups excluding carboxylic acids is 2. The fraction of sp³-hybridized carbons (Fsp3) is 0.450. The number of halogens is 2. The van der Waals surface area contributed by atoms with E-state index in [2.05, 4.69) is 46.8 Å². The van der Waals surface area contributed by atoms with E-state index in [-0.39, 0.29) is 43.1 Å². The Morgan fingerprint density at radius 3 is 1.75 bits per heavy atom. The molecule has 0 unspecified atom stereocenters. The number of carbonyl (C=O) groups is 2. The number of hydrogen-bond donors (Lipinski definition) is 1. The average molecular weight is 897 g/mol. The van der Waals surface area contributed by atoms with Crippen molar-refractivity contribution in [3.05, 3.63) is 78.7 Å². The first-order valence-corrected chi connectivity index (χ1v) is 19.8. The molecule has 56 heavy (non-hydrogen) atoms. The molecule has 6 heterocycles. The summed E-state index contributed by atoms with van der Waals surface area (Å²) in [6.45, 7) is 13.1. The smallest absolute Gasteiger partial charge is 0.410 e. The number of H-pyrrole nitrogens is 1. The average Bonchev–Trinajstić information content (AvgIpc) is 3.89. The zero-order valence-corrected chi connectivity index (χ0v) is 35.0. The first-order valence-electron chi connectivity index (χ1n) is 18.2. The highest BCUT2D eigenvalue weighted by molar-refractivity contribution is 9.10. The number of nitrogens with one attached hydrogen (secondary N) is 1. The van der Waals surface area contributed by atoms with Gasteiger partial charge in [0.05, 0.1) is 57.6 Å². The molecule has 298 valence electrons. The van der Waals surface area contributed by atoms with Crippen LogP contribution in [0.2, 0.25) is 0 Å². The summed E-state index contributed by atoms with van der Waals surface area (Å²) in [5.41, 5.74) is 3.44. The summed E-state index contributed by atoms with van der Waals surface area (Å²) in [4.78, 5) is 65.7. The Balaban J connectivity index is 0.000000187. The van der Waals surface area contributed by atoms with E-state index in [1.54, 1.807) is 38.4 Å². The third kappa shape index (κ3) is 8.08. The lowest BCUT2D eigenvalue weighted by Crippen LogP contribution is -2.36. The van der Waals surface area contributed by atoms with Gasteiger partial charge in [0, 0.05) is 52.9 Å². The topological polar surface area (TPSA) is 150 Å². The SMILES string of the molecule is C.CC(C)(C)OC(=O)N1CC[C@@H](n2c(=O)[nH]c3cnc4ccc(Br)cc4c32)C1.Cn1c(=O)n([C@@H]2CCN(C(=O)OC(C)(C)C)C2)c2c3cc(Br)ccc3ncc21. The van der Waals surface area contributed by atoms with Gasteiger partial charge < -0.3 is 24.3 Å². The van der Waals surface area contributed by atoms with Crippen molar-refractivity contribution in [3.63, 3.8) is 0 Å². The second kappa shape index (κ2) is 15.3. The van der Waals surface area contributed by atoms with Crippen molar-refractivity contribution >= 4 is 87.9 Å². The van der Waals surface area contributed by atoms with Gasteiger partial charge >= 0.3 is 23.6 Å². The molecule has 2 atom stereocenters. The van der Waals surface area contributed by atoms with Crippen LogP contribution in [0.3, 0.4) is 0 Å². The molecule has 0 radical (unpaired) electrons. The number of fused-ring (bicyclic) bond motifs is 6. The largest absolute Gasteiger partial charge is 0.444 e. The number of hydrogen-bond acceptors (Lipinski definition) is 8. The molecule has 2 aliphatic heterocycles. The van der Waals surface area contributed by atoms with Gasteiger partial charge in [-0.2, -0.15) is 0 Å². The van der Waals surface area contributed by atoms with E-state index in [0.717, 1.165) is 47.3 Å². The molecule has 4 aromatic heterocycles. The normalized spacial score (nSPS) is 17.4. The summed E-state index contributed by atoms with van der Waals surface area (Å²) in [6.07, 6.45) is 4.15. The number of nitrogens with zero attached hydrogens (tertiary/aromatic N) is 7. The molecule has 2 aliphatic rings. The Morgan fingerprint density at radius 2 is 1.23 bits per heavy atom. The van der Waals surface area contributed by atoms with Crippen LogP contribution in [-0.2, 0) is 16.5 Å². The van der Waals surface area contributed by atoms with E-state index >= 15 is 0 Å². The molecule has 1 N–H and O–H groups in total. The predicted molar refractivity (Wildman–Crippen MR) is 225 cm³/mol. The zero-order chi connectivity index (χ0) is 39.6. The van der Waals surface area contributed by atoms with Crippen LogP contribution in [0.1, 0.15) is 73.9 Å². The van der Waals surface area contributed by atoms with Gasteiger partial charge in [0.25, 0.3) is 0 Å². The molecular formula is C40H48Br2N8O6. The Hall–Kier alpha value is -4.70. The number of likely N-dealkylation sites (tertiary alicyclic amines) is 2. The Bertz CT molecular complexity index is 2600. The van der Waals surface area contributed by atoms with Crippen LogP contribution < -0.4 is 11.4 Å². The lowest BCUT2D eigenvalue weighted by atomic mass is 10.1. The number of imidazole rings is 2. The third-order valence-corrected chi connectivity index (χ3v) is 10.7. The van der Waals surface area contributed by atoms with Gasteiger partial charge in [0.15, 0.2) is 0 Å². The van der Waals surface area contributed by atoms with Crippen LogP contribution in [-0.4, -0.2) is 88.0 Å². The van der Waals surface area contributed by atoms with Gasteiger partial charge in [0.1, 0.15) is 11.2 Å². The fourth-order valence-corrected chi connectivity index (χ4v) is 8.08. The summed E-state index contributed by atoms with van der Waals surface area (Å²) in [5.74, 6) is 0. The molecule has 6 aromatic rings. The maximum absolute atomic E-state index is 13.1. The van der Waals surface area contributed by atoms with Crippen LogP contribution in [0.4, 0.5) is 9.59 Å². The van der Waals surface area contributed by atoms with Gasteiger partial charge in [-0.1, -0.05) is 39.3 Å². The molecule has 0 aliphatic carbocycles. The van der Waals surface area contributed by atoms with Crippen LogP contribution in [0.5, 0.6) is 0 Å². The minimum Gasteiger partial charge on any atom is -0.444 e. The quantitative estimate of drug-likeness (QED) is 0.183. The maximum Gasteiger partial charge on any atom is 0.410 e. The number of rotatable bonds is 2. The van der Waals surface area contributed by atoms with Crippen LogP contribution in [0.15, 0.2) is 67.3 Å². The minimum absolute atomic E-state index is 0. The molecule has 2 aromatic carbocycles. The second-order valence-corrected chi connectivity index (χ2v) is 17.9. The van der Waals surface area contributed by atoms with Crippen molar-refractivity contribution in [2.45, 2.75) is 85.1 Å². The number of ether oxygens (including phenoxy) is 2. The first-order chi connectivity index (χ1) is 25.9. The van der Waals surface area contributed by atoms with Gasteiger partial charge in [-0.3, -0.25) is 23.7 Å². The minimum atomic E-state index is -0.542. The summed E-state index contributed by atoms with van der Waals surface area (Å²) < 4.78 is 18.0. The standard InChI is InChI=1S/C20H23BrN4O3.C19H21BrN4O3.CH4/c1-20(2,3)28-19(27)24-8-7-13(11-24)25-17-14-9-12(21)5-6-15(14)22-10-16(17)23(4)18(25)26;1-19(2,3)27-18(26)23-7-6-12(10-23)24-16-13-8-11(20)4-5-14(13)21-9-15(16)22-17(24)25;/h5-6,9-10,13H,7-8,11H2,1-4H3;4-5,8-9,12H,6-7,10H2,1-3H3,(H,22,25);1H4/t13-;12-;/m11./s1. The molecule has 2 amide bonds. The number of benzene rings is 2. The molecule has 0 saturated carbocycles. The van der Waals surface area contributed by atoms with E-state index in [0.29, 0.717) is 44.5 Å². The van der Waals surface area contributed by atoms with Crippen LogP contribution >= 0.6 is 31.9 Å². The van der Waals surface area contributed by atoms with E-state index in [1.165, 1.54) is 0 Å². The van der Waals surface area contributed by atoms with Gasteiger partial charge in [-0.25, -0.2) is 19.2 Å². The predicted octanol–water partition coefficient (Wildman–Crippen LogP) is 8.29. The number of aryl methyl sites for hydroxylation is 1. The highest BCUT2D eigenvalue weighted by Crippen LogP contribution is 2.32. The molecule has 14 nitrogen and oxygen atoms in total. The number of pyridine rings is 2. The summed E-state index contributed by atoms with van der Waals surface area (Å²) in [5, 5.41) is 1.82. The van der Waals surface area contributed by atoms with Crippen molar-refractivity contribution in [1.82, 2.24) is 38.5 Å². The van der Waals surface area contributed by atoms with Crippen molar-refractivity contribution in [2.75, 3.05) is 26.2 Å². The van der Waals surface area contributed by atoms with Crippen LogP contribution in [0, 0.1) is 0 Å². The Kier molecular flexibility index (Phi) is 11.2. The molecule has 2 fully saturated rings. The fourth-order valence-electron chi connectivity index (χ4n) is 7.35. The molecule has 8 rings (SSSR count). The van der Waals surface area contributed by atoms with Crippen molar-refractivity contribution in [3.8, 4) is 0 Å². The number of amides is 2. The summed E-state index contributed by atoms with van der Waals surface area (Å²) >= 11 is 7.01. The van der Waals surface area contributed by atoms with Crippen molar-refractivity contribution < 1.29 is 19.1 Å². The molecule has 0 spiro atoms. The molecule has 2 saturated heterocycles. The lowest BCUT2D eigenvalue weighted by Gasteiger charge is -2.24. The zero-order valence-electron chi connectivity index (χ0n) is 31.9. The molecule has 16 heteroatoms. The van der Waals surface area contributed by atoms with E-state index in [1.807, 2.05) is 82.5 Å². The van der Waals surface area contributed by atoms with Gasteiger partial charge in [0.2, 0.25) is 0 Å². The maximum atomic E-state index is 13.1. The van der Waals surface area contributed by atoms with Gasteiger partial charge in [-0.05, 0) is 90.8 Å². The lowest BCUT2D eigenvalue weighted by molar-refractivity contribution is 0.0278. The number of aromatic nitrogens is 6. The molecule has 0 bridgehead atoms. The second-order valence-electron chi connectivity index (χ2n) is 16.1. The van der Waals surface area contributed by atoms with E-state index < -0.39 is 11.2 Å². The van der Waals surface area contributed by atoms with E-state index in [4.69, 9.17) is 9.47 Å². The Labute approximate surface area is 341 Å². The summed E-state index contributed by atoms with van der Waals surface area (Å²) in [7, 11) is 1.76. The highest BCUT2D eigenvalue weighted by Gasteiger charge is 2.34. The highest BCUT2D eigenvalue weighted by atomic mass is 79.9. The van der Waals surface area contributed by atoms with Crippen LogP contribution in [0.25, 0.3) is 43.9 Å². The van der Waals surface area contributed by atoms with Crippen molar-refractivity contribution in [1.29, 1.82) is 0 Å². The van der Waals surface area contributed by atoms with Crippen molar-refractivity contribution in [2.24, 2.45) is 7.05 Å². The monoisotopic (exact) mass is 894 g/mol. The summed E-state index contributed by atoms with van der Waals surface area (Å²) in [6, 6.07) is 11.5. The number of aromatic amines is 1. The van der Waals surface area contributed by atoms with E-state index in [9.17, 15) is 19.2 Å².